The Labute approximate surface area is 191 Å². The molecule has 0 saturated heterocycles. The van der Waals surface area contributed by atoms with Gasteiger partial charge in [0.05, 0.1) is 6.04 Å². The highest BCUT2D eigenvalue weighted by Crippen LogP contribution is 2.41. The van der Waals surface area contributed by atoms with E-state index in [1.54, 1.807) is 0 Å². The molecule has 1 aliphatic rings. The number of hydrogen-bond donors (Lipinski definition) is 1. The van der Waals surface area contributed by atoms with Crippen molar-refractivity contribution in [2.45, 2.75) is 33.7 Å². The van der Waals surface area contributed by atoms with Crippen LogP contribution in [0.15, 0.2) is 36.4 Å². The molecule has 0 fully saturated rings. The number of likely N-dealkylation sites (N-methyl/N-ethyl adjacent to an activating group) is 1. The minimum absolute atomic E-state index is 0. The lowest BCUT2D eigenvalue weighted by molar-refractivity contribution is 0.0729. The number of halogens is 2. The molecule has 1 amide bonds. The van der Waals surface area contributed by atoms with Gasteiger partial charge in [0.2, 0.25) is 0 Å². The zero-order chi connectivity index (χ0) is 18.8. The molecule has 6 N–H and O–H groups in total. The lowest BCUT2D eigenvalue weighted by Crippen LogP contribution is -2.37. The van der Waals surface area contributed by atoms with Crippen molar-refractivity contribution in [3.8, 4) is 0 Å². The lowest BCUT2D eigenvalue weighted by Gasteiger charge is -2.30. The number of carbonyl (C=O) groups is 1. The van der Waals surface area contributed by atoms with Crippen molar-refractivity contribution in [2.24, 2.45) is 0 Å². The minimum atomic E-state index is -0.104. The first-order valence-corrected chi connectivity index (χ1v) is 9.46. The number of aryl methyl sites for hydroxylation is 2. The second kappa shape index (κ2) is 12.8. The maximum Gasteiger partial charge on any atom is 0.255 e. The van der Waals surface area contributed by atoms with Crippen LogP contribution in [0.3, 0.4) is 0 Å². The standard InChI is InChI=1S/C22H29N3O.2ClH.2H2O/c1-5-24(6-2)11-12-25-21(17-9-7-8-10-18(17)22(25)26)19-14-15(3)13-16(4)20(19)23;;;;/h7-10,13-14,21H,5-6,11-12,23H2,1-4H3;2*1H;2*1H2. The second-order valence-corrected chi connectivity index (χ2v) is 7.10. The van der Waals surface area contributed by atoms with Gasteiger partial charge in [0.15, 0.2) is 0 Å². The SMILES string of the molecule is CCN(CC)CCN1C(=O)c2ccccc2C1c1cc(C)cc(C)c1N.Cl.Cl.O.O. The van der Waals surface area contributed by atoms with Gasteiger partial charge in [-0.25, -0.2) is 0 Å². The van der Waals surface area contributed by atoms with Crippen LogP contribution < -0.4 is 5.73 Å². The summed E-state index contributed by atoms with van der Waals surface area (Å²) in [6.07, 6.45) is 0. The number of nitrogen functional groups attached to an aromatic ring is 1. The summed E-state index contributed by atoms with van der Waals surface area (Å²) in [6, 6.07) is 12.1. The summed E-state index contributed by atoms with van der Waals surface area (Å²) in [6.45, 7) is 12.0. The summed E-state index contributed by atoms with van der Waals surface area (Å²) in [4.78, 5) is 17.5. The van der Waals surface area contributed by atoms with Crippen LogP contribution in [-0.2, 0) is 0 Å². The van der Waals surface area contributed by atoms with Crippen LogP contribution >= 0.6 is 24.8 Å². The predicted molar refractivity (Wildman–Crippen MR) is 129 cm³/mol. The largest absolute Gasteiger partial charge is 0.412 e. The van der Waals surface area contributed by atoms with Gasteiger partial charge in [-0.05, 0) is 44.1 Å². The van der Waals surface area contributed by atoms with E-state index < -0.39 is 0 Å². The van der Waals surface area contributed by atoms with Crippen molar-refractivity contribution in [3.63, 3.8) is 0 Å². The van der Waals surface area contributed by atoms with Crippen LogP contribution in [0.4, 0.5) is 5.69 Å². The van der Waals surface area contributed by atoms with Crippen molar-refractivity contribution in [1.29, 1.82) is 0 Å². The average Bonchev–Trinajstić information content (AvgIpc) is 2.91. The lowest BCUT2D eigenvalue weighted by atomic mass is 9.93. The molecule has 0 bridgehead atoms. The van der Waals surface area contributed by atoms with Crippen molar-refractivity contribution in [1.82, 2.24) is 9.80 Å². The van der Waals surface area contributed by atoms with E-state index in [0.717, 1.165) is 47.6 Å². The van der Waals surface area contributed by atoms with Gasteiger partial charge in [0.1, 0.15) is 0 Å². The normalized spacial score (nSPS) is 14.2. The molecule has 3 rings (SSSR count). The third kappa shape index (κ3) is 5.65. The summed E-state index contributed by atoms with van der Waals surface area (Å²) < 4.78 is 0. The van der Waals surface area contributed by atoms with Gasteiger partial charge < -0.3 is 26.5 Å². The fraction of sp³-hybridized carbons (Fsp3) is 0.409. The topological polar surface area (TPSA) is 113 Å². The number of nitrogens with zero attached hydrogens (tertiary/aromatic N) is 2. The first-order chi connectivity index (χ1) is 12.5. The van der Waals surface area contributed by atoms with E-state index in [2.05, 4.69) is 43.9 Å². The molecule has 6 nitrogen and oxygen atoms in total. The third-order valence-electron chi connectivity index (χ3n) is 5.47. The Bertz CT molecular complexity index is 829. The van der Waals surface area contributed by atoms with Crippen LogP contribution in [0.2, 0.25) is 0 Å². The van der Waals surface area contributed by atoms with Crippen LogP contribution in [0, 0.1) is 13.8 Å². The maximum atomic E-state index is 13.1. The first kappa shape index (κ1) is 30.4. The molecule has 1 aliphatic heterocycles. The molecule has 8 heteroatoms. The molecule has 2 aromatic rings. The zero-order valence-corrected chi connectivity index (χ0v) is 19.7. The molecule has 1 unspecified atom stereocenters. The molecule has 0 radical (unpaired) electrons. The van der Waals surface area contributed by atoms with E-state index in [-0.39, 0.29) is 47.7 Å². The number of anilines is 1. The van der Waals surface area contributed by atoms with E-state index in [1.807, 2.05) is 30.0 Å². The molecule has 0 saturated carbocycles. The molecular weight excluding hydrogens is 425 g/mol. The molecular formula is C22H35Cl2N3O3. The smallest absolute Gasteiger partial charge is 0.255 e. The minimum Gasteiger partial charge on any atom is -0.412 e. The summed E-state index contributed by atoms with van der Waals surface area (Å²) in [5, 5.41) is 0. The van der Waals surface area contributed by atoms with Crippen molar-refractivity contribution < 1.29 is 15.7 Å². The number of hydrogen-bond acceptors (Lipinski definition) is 3. The Balaban J connectivity index is 0. The summed E-state index contributed by atoms with van der Waals surface area (Å²) >= 11 is 0. The number of rotatable bonds is 6. The molecule has 30 heavy (non-hydrogen) atoms. The Hall–Kier alpha value is -1.83. The van der Waals surface area contributed by atoms with Gasteiger partial charge in [0, 0.05) is 29.9 Å². The van der Waals surface area contributed by atoms with Crippen LogP contribution in [-0.4, -0.2) is 52.8 Å². The van der Waals surface area contributed by atoms with E-state index >= 15 is 0 Å². The Morgan fingerprint density at radius 2 is 1.60 bits per heavy atom. The molecule has 170 valence electrons. The molecule has 0 spiro atoms. The monoisotopic (exact) mass is 459 g/mol. The fourth-order valence-corrected chi connectivity index (χ4v) is 3.96. The van der Waals surface area contributed by atoms with E-state index in [0.29, 0.717) is 6.54 Å². The third-order valence-corrected chi connectivity index (χ3v) is 5.47. The van der Waals surface area contributed by atoms with Crippen LogP contribution in [0.1, 0.15) is 52.5 Å². The highest BCUT2D eigenvalue weighted by atomic mass is 35.5. The van der Waals surface area contributed by atoms with Crippen molar-refractivity contribution in [2.75, 3.05) is 31.9 Å². The number of carbonyl (C=O) groups excluding carboxylic acids is 1. The van der Waals surface area contributed by atoms with Crippen molar-refractivity contribution >= 4 is 36.4 Å². The Morgan fingerprint density at radius 1 is 1.00 bits per heavy atom. The van der Waals surface area contributed by atoms with Gasteiger partial charge in [-0.3, -0.25) is 4.79 Å². The summed E-state index contributed by atoms with van der Waals surface area (Å²) in [5.74, 6) is 0.108. The van der Waals surface area contributed by atoms with Gasteiger partial charge in [-0.1, -0.05) is 49.7 Å². The highest BCUT2D eigenvalue weighted by Gasteiger charge is 2.38. The molecule has 1 atom stereocenters. The summed E-state index contributed by atoms with van der Waals surface area (Å²) in [7, 11) is 0. The van der Waals surface area contributed by atoms with E-state index in [4.69, 9.17) is 5.73 Å². The maximum absolute atomic E-state index is 13.1. The first-order valence-electron chi connectivity index (χ1n) is 9.46. The Morgan fingerprint density at radius 3 is 2.20 bits per heavy atom. The quantitative estimate of drug-likeness (QED) is 0.669. The highest BCUT2D eigenvalue weighted by molar-refractivity contribution is 6.00. The predicted octanol–water partition coefficient (Wildman–Crippen LogP) is 2.97. The molecule has 0 aliphatic carbocycles. The fourth-order valence-electron chi connectivity index (χ4n) is 3.96. The summed E-state index contributed by atoms with van der Waals surface area (Å²) in [5.41, 5.74) is 12.4. The number of nitrogens with two attached hydrogens (primary N) is 1. The Kier molecular flexibility index (Phi) is 12.9. The van der Waals surface area contributed by atoms with E-state index in [1.165, 1.54) is 5.56 Å². The van der Waals surface area contributed by atoms with Crippen molar-refractivity contribution in [3.05, 3.63) is 64.2 Å². The molecule has 1 heterocycles. The van der Waals surface area contributed by atoms with E-state index in [9.17, 15) is 4.79 Å². The number of fused-ring (bicyclic) bond motifs is 1. The molecule has 2 aromatic carbocycles. The number of amides is 1. The molecule has 0 aromatic heterocycles. The van der Waals surface area contributed by atoms with Gasteiger partial charge >= 0.3 is 0 Å². The van der Waals surface area contributed by atoms with Crippen LogP contribution in [0.5, 0.6) is 0 Å². The van der Waals surface area contributed by atoms with Gasteiger partial charge in [0.25, 0.3) is 5.91 Å². The van der Waals surface area contributed by atoms with Gasteiger partial charge in [-0.15, -0.1) is 24.8 Å². The average molecular weight is 460 g/mol. The zero-order valence-electron chi connectivity index (χ0n) is 18.1. The van der Waals surface area contributed by atoms with Gasteiger partial charge in [-0.2, -0.15) is 0 Å². The number of benzene rings is 2. The van der Waals surface area contributed by atoms with Crippen LogP contribution in [0.25, 0.3) is 0 Å². The second-order valence-electron chi connectivity index (χ2n) is 7.10.